The van der Waals surface area contributed by atoms with Gasteiger partial charge in [0.1, 0.15) is 5.75 Å². The highest BCUT2D eigenvalue weighted by molar-refractivity contribution is 5.94. The Morgan fingerprint density at radius 3 is 2.70 bits per heavy atom. The Balaban J connectivity index is 2.00. The summed E-state index contributed by atoms with van der Waals surface area (Å²) in [5.74, 6) is 1.10. The normalized spacial score (nSPS) is 14.5. The molecule has 108 valence electrons. The van der Waals surface area contributed by atoms with Gasteiger partial charge >= 0.3 is 0 Å². The predicted octanol–water partition coefficient (Wildman–Crippen LogP) is 0.776. The molecule has 1 aromatic carbocycles. The minimum absolute atomic E-state index is 0.0187. The first kappa shape index (κ1) is 14.5. The van der Waals surface area contributed by atoms with E-state index < -0.39 is 0 Å². The van der Waals surface area contributed by atoms with Gasteiger partial charge in [-0.15, -0.1) is 0 Å². The fourth-order valence-electron chi connectivity index (χ4n) is 2.12. The lowest BCUT2D eigenvalue weighted by Crippen LogP contribution is -2.48. The van der Waals surface area contributed by atoms with Crippen LogP contribution in [0, 0.1) is 5.92 Å². The number of rotatable bonds is 6. The van der Waals surface area contributed by atoms with E-state index >= 15 is 0 Å². The van der Waals surface area contributed by atoms with E-state index in [-0.39, 0.29) is 18.1 Å². The second-order valence-electron chi connectivity index (χ2n) is 5.09. The molecular weight excluding hydrogens is 256 g/mol. The molecule has 0 atom stereocenters. The number of carbonyl (C=O) groups is 2. The van der Waals surface area contributed by atoms with Crippen molar-refractivity contribution in [3.05, 3.63) is 29.3 Å². The van der Waals surface area contributed by atoms with Gasteiger partial charge < -0.3 is 15.4 Å². The number of amides is 1. The summed E-state index contributed by atoms with van der Waals surface area (Å²) < 4.78 is 5.24. The molecule has 20 heavy (non-hydrogen) atoms. The van der Waals surface area contributed by atoms with Crippen LogP contribution >= 0.6 is 0 Å². The van der Waals surface area contributed by atoms with E-state index in [0.29, 0.717) is 23.8 Å². The highest BCUT2D eigenvalue weighted by Gasteiger charge is 2.18. The number of ether oxygens (including phenoxy) is 1. The lowest BCUT2D eigenvalue weighted by atomic mass is 10.0. The minimum Gasteiger partial charge on any atom is -0.496 e. The molecule has 0 aromatic heterocycles. The predicted molar refractivity (Wildman–Crippen MR) is 76.1 cm³/mol. The van der Waals surface area contributed by atoms with Crippen molar-refractivity contribution in [1.82, 2.24) is 10.6 Å². The molecule has 1 aromatic rings. The van der Waals surface area contributed by atoms with Crippen LogP contribution in [0.25, 0.3) is 0 Å². The first-order valence-corrected chi connectivity index (χ1v) is 6.75. The minimum atomic E-state index is -0.0455. The molecule has 5 nitrogen and oxygen atoms in total. The van der Waals surface area contributed by atoms with Gasteiger partial charge in [0.25, 0.3) is 0 Å². The molecule has 0 unspecified atom stereocenters. The van der Waals surface area contributed by atoms with Gasteiger partial charge in [0, 0.05) is 36.7 Å². The SMILES string of the molecule is COc1ccc(C(C)=O)cc1CC(=O)NCC1CNC1. The molecule has 0 saturated carbocycles. The van der Waals surface area contributed by atoms with Crippen LogP contribution in [0.4, 0.5) is 0 Å². The fraction of sp³-hybridized carbons (Fsp3) is 0.467. The van der Waals surface area contributed by atoms with Gasteiger partial charge in [-0.05, 0) is 25.1 Å². The van der Waals surface area contributed by atoms with Crippen molar-refractivity contribution in [3.63, 3.8) is 0 Å². The lowest BCUT2D eigenvalue weighted by Gasteiger charge is -2.27. The van der Waals surface area contributed by atoms with E-state index in [1.165, 1.54) is 6.92 Å². The van der Waals surface area contributed by atoms with Crippen molar-refractivity contribution >= 4 is 11.7 Å². The van der Waals surface area contributed by atoms with E-state index in [2.05, 4.69) is 10.6 Å². The van der Waals surface area contributed by atoms with E-state index in [9.17, 15) is 9.59 Å². The monoisotopic (exact) mass is 276 g/mol. The maximum absolute atomic E-state index is 11.9. The van der Waals surface area contributed by atoms with E-state index in [1.54, 1.807) is 25.3 Å². The summed E-state index contributed by atoms with van der Waals surface area (Å²) in [7, 11) is 1.56. The van der Waals surface area contributed by atoms with Gasteiger partial charge in [-0.25, -0.2) is 0 Å². The van der Waals surface area contributed by atoms with Crippen LogP contribution in [0.3, 0.4) is 0 Å². The molecule has 0 bridgehead atoms. The van der Waals surface area contributed by atoms with Crippen LogP contribution < -0.4 is 15.4 Å². The first-order chi connectivity index (χ1) is 9.60. The van der Waals surface area contributed by atoms with Crippen LogP contribution in [0.15, 0.2) is 18.2 Å². The van der Waals surface area contributed by atoms with Crippen LogP contribution in [-0.2, 0) is 11.2 Å². The topological polar surface area (TPSA) is 67.4 Å². The Labute approximate surface area is 118 Å². The number of hydrogen-bond acceptors (Lipinski definition) is 4. The van der Waals surface area contributed by atoms with Crippen LogP contribution in [0.2, 0.25) is 0 Å². The summed E-state index contributed by atoms with van der Waals surface area (Å²) in [4.78, 5) is 23.3. The van der Waals surface area contributed by atoms with Crippen molar-refractivity contribution in [2.24, 2.45) is 5.92 Å². The molecule has 2 N–H and O–H groups in total. The average Bonchev–Trinajstić information content (AvgIpc) is 2.36. The Morgan fingerprint density at radius 1 is 1.40 bits per heavy atom. The Hall–Kier alpha value is -1.88. The first-order valence-electron chi connectivity index (χ1n) is 6.75. The third-order valence-electron chi connectivity index (χ3n) is 3.49. The number of ketones is 1. The molecule has 1 aliphatic heterocycles. The van der Waals surface area contributed by atoms with Crippen molar-refractivity contribution < 1.29 is 14.3 Å². The molecule has 0 radical (unpaired) electrons. The third kappa shape index (κ3) is 3.57. The molecule has 1 amide bonds. The number of carbonyl (C=O) groups excluding carboxylic acids is 2. The van der Waals surface area contributed by atoms with Crippen LogP contribution in [0.5, 0.6) is 5.75 Å². The summed E-state index contributed by atoms with van der Waals surface area (Å²) in [5, 5.41) is 6.08. The van der Waals surface area contributed by atoms with Gasteiger partial charge in [-0.3, -0.25) is 9.59 Å². The molecule has 5 heteroatoms. The Kier molecular flexibility index (Phi) is 4.74. The Bertz CT molecular complexity index is 510. The van der Waals surface area contributed by atoms with Crippen molar-refractivity contribution in [2.45, 2.75) is 13.3 Å². The van der Waals surface area contributed by atoms with E-state index in [4.69, 9.17) is 4.74 Å². The molecule has 1 saturated heterocycles. The number of benzene rings is 1. The molecule has 1 heterocycles. The second-order valence-corrected chi connectivity index (χ2v) is 5.09. The summed E-state index contributed by atoms with van der Waals surface area (Å²) in [6, 6.07) is 5.17. The largest absolute Gasteiger partial charge is 0.496 e. The molecule has 1 aliphatic rings. The standard InChI is InChI=1S/C15H20N2O3/c1-10(18)12-3-4-14(20-2)13(5-12)6-15(19)17-9-11-7-16-8-11/h3-5,11,16H,6-9H2,1-2H3,(H,17,19). The van der Waals surface area contributed by atoms with E-state index in [1.807, 2.05) is 0 Å². The zero-order valence-electron chi connectivity index (χ0n) is 11.9. The zero-order chi connectivity index (χ0) is 14.5. The average molecular weight is 276 g/mol. The maximum Gasteiger partial charge on any atom is 0.224 e. The number of Topliss-reactive ketones (excluding diaryl/α,β-unsaturated/α-hetero) is 1. The molecule has 0 spiro atoms. The van der Waals surface area contributed by atoms with Crippen molar-refractivity contribution in [2.75, 3.05) is 26.7 Å². The highest BCUT2D eigenvalue weighted by Crippen LogP contribution is 2.20. The highest BCUT2D eigenvalue weighted by atomic mass is 16.5. The van der Waals surface area contributed by atoms with Gasteiger partial charge in [0.15, 0.2) is 5.78 Å². The smallest absolute Gasteiger partial charge is 0.224 e. The van der Waals surface area contributed by atoms with Crippen molar-refractivity contribution in [3.8, 4) is 5.75 Å². The molecule has 2 rings (SSSR count). The maximum atomic E-state index is 11.9. The summed E-state index contributed by atoms with van der Waals surface area (Å²) in [6.45, 7) is 4.13. The molecular formula is C15H20N2O3. The number of hydrogen-bond donors (Lipinski definition) is 2. The molecule has 0 aliphatic carbocycles. The van der Waals surface area contributed by atoms with Gasteiger partial charge in [0.05, 0.1) is 13.5 Å². The van der Waals surface area contributed by atoms with Gasteiger partial charge in [-0.2, -0.15) is 0 Å². The zero-order valence-corrected chi connectivity index (χ0v) is 11.9. The van der Waals surface area contributed by atoms with Crippen LogP contribution in [-0.4, -0.2) is 38.4 Å². The number of methoxy groups -OCH3 is 1. The quantitative estimate of drug-likeness (QED) is 0.753. The number of nitrogens with one attached hydrogen (secondary N) is 2. The van der Waals surface area contributed by atoms with Crippen LogP contribution in [0.1, 0.15) is 22.8 Å². The summed E-state index contributed by atoms with van der Waals surface area (Å²) >= 11 is 0. The summed E-state index contributed by atoms with van der Waals surface area (Å²) in [6.07, 6.45) is 0.227. The van der Waals surface area contributed by atoms with Crippen molar-refractivity contribution in [1.29, 1.82) is 0 Å². The summed E-state index contributed by atoms with van der Waals surface area (Å²) in [5.41, 5.74) is 1.33. The molecule has 1 fully saturated rings. The van der Waals surface area contributed by atoms with Gasteiger partial charge in [0.2, 0.25) is 5.91 Å². The van der Waals surface area contributed by atoms with Gasteiger partial charge in [-0.1, -0.05) is 0 Å². The fourth-order valence-corrected chi connectivity index (χ4v) is 2.12. The third-order valence-corrected chi connectivity index (χ3v) is 3.49. The van der Waals surface area contributed by atoms with E-state index in [0.717, 1.165) is 18.7 Å². The Morgan fingerprint density at radius 2 is 2.15 bits per heavy atom. The second kappa shape index (κ2) is 6.52. The lowest BCUT2D eigenvalue weighted by molar-refractivity contribution is -0.120.